The Labute approximate surface area is 96.8 Å². The van der Waals surface area contributed by atoms with Gasteiger partial charge in [-0.1, -0.05) is 12.2 Å². The van der Waals surface area contributed by atoms with Crippen LogP contribution >= 0.6 is 0 Å². The van der Waals surface area contributed by atoms with Gasteiger partial charge in [-0.25, -0.2) is 0 Å². The molecule has 2 atom stereocenters. The van der Waals surface area contributed by atoms with E-state index < -0.39 is 0 Å². The Morgan fingerprint density at radius 3 is 3.00 bits per heavy atom. The Bertz CT molecular complexity index is 254. The average Bonchev–Trinajstić information content (AvgIpc) is 2.27. The number of carbonyl (C=O) groups excluding carboxylic acids is 1. The van der Waals surface area contributed by atoms with Gasteiger partial charge in [0.1, 0.15) is 5.78 Å². The van der Waals surface area contributed by atoms with E-state index in [4.69, 9.17) is 9.47 Å². The summed E-state index contributed by atoms with van der Waals surface area (Å²) in [6, 6.07) is 0. The van der Waals surface area contributed by atoms with Gasteiger partial charge in [-0.2, -0.15) is 0 Å². The van der Waals surface area contributed by atoms with Crippen molar-refractivity contribution in [3.63, 3.8) is 0 Å². The molecule has 90 valence electrons. The molecule has 0 radical (unpaired) electrons. The van der Waals surface area contributed by atoms with Crippen LogP contribution in [0.5, 0.6) is 0 Å². The predicted octanol–water partition coefficient (Wildman–Crippen LogP) is 2.60. The van der Waals surface area contributed by atoms with E-state index >= 15 is 0 Å². The Hall–Kier alpha value is -0.670. The zero-order valence-electron chi connectivity index (χ0n) is 9.69. The maximum atomic E-state index is 11.2. The third-order valence-corrected chi connectivity index (χ3v) is 3.10. The summed E-state index contributed by atoms with van der Waals surface area (Å²) < 4.78 is 11.4. The molecule has 0 amide bonds. The zero-order chi connectivity index (χ0) is 11.2. The Morgan fingerprint density at radius 1 is 1.25 bits per heavy atom. The van der Waals surface area contributed by atoms with Crippen LogP contribution in [0.2, 0.25) is 0 Å². The third kappa shape index (κ3) is 3.72. The normalized spacial score (nSPS) is 34.1. The minimum atomic E-state index is -0.0291. The van der Waals surface area contributed by atoms with E-state index in [0.717, 1.165) is 32.3 Å². The molecule has 2 rings (SSSR count). The second-order valence-electron chi connectivity index (χ2n) is 4.53. The third-order valence-electron chi connectivity index (χ3n) is 3.10. The van der Waals surface area contributed by atoms with Gasteiger partial charge >= 0.3 is 0 Å². The van der Waals surface area contributed by atoms with Crippen molar-refractivity contribution in [2.45, 2.75) is 57.3 Å². The van der Waals surface area contributed by atoms with Crippen molar-refractivity contribution < 1.29 is 14.3 Å². The Kier molecular flexibility index (Phi) is 4.55. The zero-order valence-corrected chi connectivity index (χ0v) is 9.69. The van der Waals surface area contributed by atoms with Crippen LogP contribution in [0.3, 0.4) is 0 Å². The number of allylic oxidation sites excluding steroid dienone is 1. The molecule has 2 unspecified atom stereocenters. The van der Waals surface area contributed by atoms with Gasteiger partial charge in [0, 0.05) is 19.4 Å². The van der Waals surface area contributed by atoms with Crippen molar-refractivity contribution in [2.75, 3.05) is 6.61 Å². The smallest absolute Gasteiger partial charge is 0.158 e. The molecule has 1 saturated heterocycles. The number of hydrogen-bond donors (Lipinski definition) is 0. The minimum absolute atomic E-state index is 0.0291. The van der Waals surface area contributed by atoms with Gasteiger partial charge in [0.2, 0.25) is 0 Å². The summed E-state index contributed by atoms with van der Waals surface area (Å²) in [4.78, 5) is 11.2. The molecule has 3 nitrogen and oxygen atoms in total. The van der Waals surface area contributed by atoms with Gasteiger partial charge in [0.05, 0.1) is 6.10 Å². The van der Waals surface area contributed by atoms with Crippen LogP contribution in [0.4, 0.5) is 0 Å². The average molecular weight is 224 g/mol. The number of hydrogen-bond acceptors (Lipinski definition) is 3. The number of carbonyl (C=O) groups is 1. The fraction of sp³-hybridized carbons (Fsp3) is 0.769. The van der Waals surface area contributed by atoms with Crippen molar-refractivity contribution in [2.24, 2.45) is 0 Å². The van der Waals surface area contributed by atoms with Gasteiger partial charge in [-0.15, -0.1) is 0 Å². The van der Waals surface area contributed by atoms with Crippen LogP contribution in [0.15, 0.2) is 12.2 Å². The first-order chi connectivity index (χ1) is 7.84. The molecule has 0 spiro atoms. The second kappa shape index (κ2) is 6.16. The van der Waals surface area contributed by atoms with Crippen molar-refractivity contribution in [3.05, 3.63) is 12.2 Å². The molecule has 0 N–H and O–H groups in total. The summed E-state index contributed by atoms with van der Waals surface area (Å²) in [5.41, 5.74) is 0. The summed E-state index contributed by atoms with van der Waals surface area (Å²) in [7, 11) is 0. The molecule has 1 aliphatic heterocycles. The minimum Gasteiger partial charge on any atom is -0.353 e. The summed E-state index contributed by atoms with van der Waals surface area (Å²) in [5.74, 6) is 0.337. The highest BCUT2D eigenvalue weighted by Crippen LogP contribution is 2.19. The highest BCUT2D eigenvalue weighted by atomic mass is 16.7. The monoisotopic (exact) mass is 224 g/mol. The fourth-order valence-corrected chi connectivity index (χ4v) is 2.18. The van der Waals surface area contributed by atoms with E-state index in [0.29, 0.717) is 18.6 Å². The standard InChI is InChI=1S/C13H20O3/c14-11-5-3-7-12(8-4-6-11)16-13-9-1-2-10-15-13/h3,7,12-13H,1-2,4-6,8-10H2/b7-3-. The van der Waals surface area contributed by atoms with Crippen LogP contribution < -0.4 is 0 Å². The maximum Gasteiger partial charge on any atom is 0.158 e. The number of rotatable bonds is 2. The van der Waals surface area contributed by atoms with E-state index in [-0.39, 0.29) is 12.4 Å². The van der Waals surface area contributed by atoms with Crippen molar-refractivity contribution in [3.8, 4) is 0 Å². The molecular weight excluding hydrogens is 204 g/mol. The van der Waals surface area contributed by atoms with Gasteiger partial charge in [0.25, 0.3) is 0 Å². The topological polar surface area (TPSA) is 35.5 Å². The highest BCUT2D eigenvalue weighted by molar-refractivity contribution is 5.79. The Morgan fingerprint density at radius 2 is 2.19 bits per heavy atom. The largest absolute Gasteiger partial charge is 0.353 e. The van der Waals surface area contributed by atoms with Crippen LogP contribution in [0, 0.1) is 0 Å². The van der Waals surface area contributed by atoms with Crippen molar-refractivity contribution in [1.82, 2.24) is 0 Å². The van der Waals surface area contributed by atoms with E-state index in [1.807, 2.05) is 12.2 Å². The molecule has 16 heavy (non-hydrogen) atoms. The van der Waals surface area contributed by atoms with Gasteiger partial charge in [-0.3, -0.25) is 4.79 Å². The van der Waals surface area contributed by atoms with E-state index in [2.05, 4.69) is 0 Å². The van der Waals surface area contributed by atoms with E-state index in [1.54, 1.807) is 0 Å². The summed E-state index contributed by atoms with van der Waals surface area (Å²) in [6.07, 6.45) is 10.5. The first-order valence-corrected chi connectivity index (χ1v) is 6.30. The summed E-state index contributed by atoms with van der Waals surface area (Å²) >= 11 is 0. The lowest BCUT2D eigenvalue weighted by molar-refractivity contribution is -0.179. The van der Waals surface area contributed by atoms with Crippen LogP contribution in [-0.2, 0) is 14.3 Å². The molecule has 0 saturated carbocycles. The van der Waals surface area contributed by atoms with Gasteiger partial charge < -0.3 is 9.47 Å². The lowest BCUT2D eigenvalue weighted by atomic mass is 10.0. The quantitative estimate of drug-likeness (QED) is 0.676. The number of ether oxygens (including phenoxy) is 2. The first kappa shape index (κ1) is 11.8. The first-order valence-electron chi connectivity index (χ1n) is 6.30. The molecule has 3 heteroatoms. The molecule has 0 bridgehead atoms. The summed E-state index contributed by atoms with van der Waals surface area (Å²) in [5, 5.41) is 0. The van der Waals surface area contributed by atoms with Crippen molar-refractivity contribution in [1.29, 1.82) is 0 Å². The lowest BCUT2D eigenvalue weighted by Gasteiger charge is -2.26. The Balaban J connectivity index is 1.81. The molecular formula is C13H20O3. The van der Waals surface area contributed by atoms with Crippen LogP contribution in [-0.4, -0.2) is 24.8 Å². The summed E-state index contributed by atoms with van der Waals surface area (Å²) in [6.45, 7) is 0.819. The molecule has 1 heterocycles. The van der Waals surface area contributed by atoms with Gasteiger partial charge in [-0.05, 0) is 32.1 Å². The molecule has 0 aromatic carbocycles. The number of ketones is 1. The molecule has 2 aliphatic rings. The van der Waals surface area contributed by atoms with Crippen LogP contribution in [0.25, 0.3) is 0 Å². The molecule has 1 aliphatic carbocycles. The lowest BCUT2D eigenvalue weighted by Crippen LogP contribution is -2.27. The fourth-order valence-electron chi connectivity index (χ4n) is 2.18. The highest BCUT2D eigenvalue weighted by Gasteiger charge is 2.19. The second-order valence-corrected chi connectivity index (χ2v) is 4.53. The van der Waals surface area contributed by atoms with Gasteiger partial charge in [0.15, 0.2) is 6.29 Å². The van der Waals surface area contributed by atoms with Crippen LogP contribution in [0.1, 0.15) is 44.9 Å². The number of Topliss-reactive ketones (excluding diaryl/α,β-unsaturated/α-hetero) is 1. The predicted molar refractivity (Wildman–Crippen MR) is 61.1 cm³/mol. The molecule has 0 aromatic heterocycles. The van der Waals surface area contributed by atoms with E-state index in [9.17, 15) is 4.79 Å². The SMILES string of the molecule is O=C1C/C=C\C(OC2CCCCO2)CCC1. The molecule has 0 aromatic rings. The molecule has 1 fully saturated rings. The maximum absolute atomic E-state index is 11.2. The van der Waals surface area contributed by atoms with Crippen molar-refractivity contribution >= 4 is 5.78 Å². The van der Waals surface area contributed by atoms with E-state index in [1.165, 1.54) is 6.42 Å².